The van der Waals surface area contributed by atoms with Gasteiger partial charge in [-0.3, -0.25) is 4.99 Å². The van der Waals surface area contributed by atoms with Crippen molar-refractivity contribution >= 4 is 11.5 Å². The molecule has 0 saturated heterocycles. The maximum atomic E-state index is 10.0. The number of rotatable bonds is 2. The molecule has 0 bridgehead atoms. The maximum absolute atomic E-state index is 10.0. The third-order valence-electron chi connectivity index (χ3n) is 3.37. The van der Waals surface area contributed by atoms with E-state index in [1.807, 2.05) is 56.3 Å². The summed E-state index contributed by atoms with van der Waals surface area (Å²) in [6.45, 7) is 4.02. The van der Waals surface area contributed by atoms with Gasteiger partial charge in [-0.1, -0.05) is 42.5 Å². The van der Waals surface area contributed by atoms with Crippen LogP contribution >= 0.6 is 0 Å². The number of hydrogen-bond donors (Lipinski definition) is 1. The topological polar surface area (TPSA) is 45.0 Å². The molecule has 0 atom stereocenters. The Morgan fingerprint density at radius 1 is 0.905 bits per heavy atom. The number of hydrogen-bond acceptors (Lipinski definition) is 3. The smallest absolute Gasteiger partial charge is 0.155 e. The van der Waals surface area contributed by atoms with Crippen LogP contribution in [0.2, 0.25) is 0 Å². The molecule has 1 heterocycles. The molecule has 0 radical (unpaired) electrons. The summed E-state index contributed by atoms with van der Waals surface area (Å²) in [7, 11) is 0. The first-order valence-electron chi connectivity index (χ1n) is 6.61. The third kappa shape index (κ3) is 2.96. The number of para-hydroxylation sites is 1. The molecule has 1 aliphatic rings. The van der Waals surface area contributed by atoms with Crippen LogP contribution in [0.4, 0.5) is 0 Å². The first-order valence-corrected chi connectivity index (χ1v) is 6.61. The summed E-state index contributed by atoms with van der Waals surface area (Å²) in [6.07, 6.45) is 0. The normalized spacial score (nSPS) is 15.9. The molecule has 4 heteroatoms. The molecule has 2 aromatic carbocycles. The number of amidine groups is 1. The minimum atomic E-state index is -0.440. The van der Waals surface area contributed by atoms with E-state index < -0.39 is 5.54 Å². The van der Waals surface area contributed by atoms with Crippen LogP contribution in [-0.4, -0.2) is 22.2 Å². The van der Waals surface area contributed by atoms with E-state index >= 15 is 0 Å². The summed E-state index contributed by atoms with van der Waals surface area (Å²) in [5.74, 6) is 0.956. The van der Waals surface area contributed by atoms with Gasteiger partial charge in [0.2, 0.25) is 0 Å². The molecule has 0 amide bonds. The van der Waals surface area contributed by atoms with E-state index in [4.69, 9.17) is 4.99 Å². The second kappa shape index (κ2) is 5.91. The van der Waals surface area contributed by atoms with E-state index in [1.165, 1.54) is 0 Å². The van der Waals surface area contributed by atoms with Crippen molar-refractivity contribution < 1.29 is 24.6 Å². The standard InChI is InChI=1S/C17H16N2O.Zn/c1-17(2)15(13-10-6-7-11-14(13)20)18-16(19-17)12-8-4-3-5-9-12;/h3-11,20H,1-2H3;. The monoisotopic (exact) mass is 328 g/mol. The Balaban J connectivity index is 0.00000161. The number of phenolic OH excluding ortho intramolecular Hbond substituents is 1. The quantitative estimate of drug-likeness (QED) is 0.843. The second-order valence-corrected chi connectivity index (χ2v) is 5.34. The molecule has 3 nitrogen and oxygen atoms in total. The molecular weight excluding hydrogens is 314 g/mol. The van der Waals surface area contributed by atoms with Crippen molar-refractivity contribution in [3.05, 3.63) is 65.7 Å². The molecule has 0 fully saturated rings. The van der Waals surface area contributed by atoms with Gasteiger partial charge in [-0.2, -0.15) is 0 Å². The first-order chi connectivity index (χ1) is 9.58. The number of nitrogens with zero attached hydrogens (tertiary/aromatic N) is 2. The molecule has 0 unspecified atom stereocenters. The zero-order chi connectivity index (χ0) is 14.2. The van der Waals surface area contributed by atoms with Crippen molar-refractivity contribution in [2.45, 2.75) is 19.4 Å². The van der Waals surface area contributed by atoms with Gasteiger partial charge in [0.25, 0.3) is 0 Å². The molecule has 1 aliphatic heterocycles. The third-order valence-corrected chi connectivity index (χ3v) is 3.37. The summed E-state index contributed by atoms with van der Waals surface area (Å²) < 4.78 is 0. The van der Waals surface area contributed by atoms with E-state index in [-0.39, 0.29) is 25.2 Å². The molecule has 0 aromatic heterocycles. The molecule has 0 aliphatic carbocycles. The van der Waals surface area contributed by atoms with Crippen LogP contribution in [0.5, 0.6) is 5.75 Å². The Hall–Kier alpha value is -1.80. The van der Waals surface area contributed by atoms with Gasteiger partial charge in [0.05, 0.1) is 5.71 Å². The fourth-order valence-electron chi connectivity index (χ4n) is 2.37. The van der Waals surface area contributed by atoms with Crippen LogP contribution in [0.3, 0.4) is 0 Å². The minimum absolute atomic E-state index is 0. The maximum Gasteiger partial charge on any atom is 0.155 e. The van der Waals surface area contributed by atoms with Gasteiger partial charge < -0.3 is 5.11 Å². The Morgan fingerprint density at radius 3 is 2.19 bits per heavy atom. The number of aromatic hydroxyl groups is 1. The average Bonchev–Trinajstić information content (AvgIpc) is 2.76. The molecule has 3 rings (SSSR count). The van der Waals surface area contributed by atoms with Crippen molar-refractivity contribution in [1.29, 1.82) is 0 Å². The molecule has 0 saturated carbocycles. The largest absolute Gasteiger partial charge is 0.507 e. The molecule has 2 aromatic rings. The predicted molar refractivity (Wildman–Crippen MR) is 81.7 cm³/mol. The van der Waals surface area contributed by atoms with Gasteiger partial charge in [0.1, 0.15) is 11.3 Å². The number of aliphatic imine (C=N–C) groups is 2. The van der Waals surface area contributed by atoms with Crippen molar-refractivity contribution in [1.82, 2.24) is 0 Å². The Labute approximate surface area is 137 Å². The van der Waals surface area contributed by atoms with E-state index in [0.29, 0.717) is 5.84 Å². The second-order valence-electron chi connectivity index (χ2n) is 5.34. The SMILES string of the molecule is CC1(C)N=C(c2ccccc2)N=C1c1ccccc1O.[Zn]. The van der Waals surface area contributed by atoms with Gasteiger partial charge in [-0.15, -0.1) is 0 Å². The van der Waals surface area contributed by atoms with Crippen LogP contribution in [-0.2, 0) is 19.5 Å². The van der Waals surface area contributed by atoms with Gasteiger partial charge in [0, 0.05) is 30.6 Å². The van der Waals surface area contributed by atoms with Gasteiger partial charge >= 0.3 is 0 Å². The van der Waals surface area contributed by atoms with Crippen LogP contribution in [0, 0.1) is 0 Å². The van der Waals surface area contributed by atoms with E-state index in [1.54, 1.807) is 12.1 Å². The number of benzene rings is 2. The molecule has 1 N–H and O–H groups in total. The molecular formula is C17H16N2OZn. The van der Waals surface area contributed by atoms with Gasteiger partial charge in [0.15, 0.2) is 5.84 Å². The summed E-state index contributed by atoms with van der Waals surface area (Å²) in [6, 6.07) is 17.1. The van der Waals surface area contributed by atoms with Crippen molar-refractivity contribution in [2.24, 2.45) is 9.98 Å². The minimum Gasteiger partial charge on any atom is -0.507 e. The van der Waals surface area contributed by atoms with Crippen LogP contribution in [0.1, 0.15) is 25.0 Å². The molecule has 102 valence electrons. The fourth-order valence-corrected chi connectivity index (χ4v) is 2.37. The Bertz CT molecular complexity index is 706. The Kier molecular flexibility index (Phi) is 4.38. The van der Waals surface area contributed by atoms with Crippen molar-refractivity contribution in [2.75, 3.05) is 0 Å². The van der Waals surface area contributed by atoms with Gasteiger partial charge in [-0.05, 0) is 26.0 Å². The zero-order valence-electron chi connectivity index (χ0n) is 12.2. The van der Waals surface area contributed by atoms with Crippen LogP contribution in [0.15, 0.2) is 64.6 Å². The zero-order valence-corrected chi connectivity index (χ0v) is 15.2. The fraction of sp³-hybridized carbons (Fsp3) is 0.176. The van der Waals surface area contributed by atoms with E-state index in [0.717, 1.165) is 16.8 Å². The molecule has 0 spiro atoms. The van der Waals surface area contributed by atoms with Crippen LogP contribution in [0.25, 0.3) is 0 Å². The van der Waals surface area contributed by atoms with Crippen molar-refractivity contribution in [3.8, 4) is 5.75 Å². The first kappa shape index (κ1) is 15.6. The predicted octanol–water partition coefficient (Wildman–Crippen LogP) is 3.42. The number of phenols is 1. The summed E-state index contributed by atoms with van der Waals surface area (Å²) in [4.78, 5) is 9.34. The molecule has 21 heavy (non-hydrogen) atoms. The van der Waals surface area contributed by atoms with E-state index in [9.17, 15) is 5.11 Å². The van der Waals surface area contributed by atoms with Crippen LogP contribution < -0.4 is 0 Å². The summed E-state index contributed by atoms with van der Waals surface area (Å²) >= 11 is 0. The Morgan fingerprint density at radius 2 is 1.52 bits per heavy atom. The average molecular weight is 330 g/mol. The van der Waals surface area contributed by atoms with E-state index in [2.05, 4.69) is 4.99 Å². The summed E-state index contributed by atoms with van der Waals surface area (Å²) in [5, 5.41) is 10.0. The van der Waals surface area contributed by atoms with Gasteiger partial charge in [-0.25, -0.2) is 4.99 Å². The summed E-state index contributed by atoms with van der Waals surface area (Å²) in [5.41, 5.74) is 2.09. The van der Waals surface area contributed by atoms with Crippen molar-refractivity contribution in [3.63, 3.8) is 0 Å².